The molecule has 0 aliphatic carbocycles. The van der Waals surface area contributed by atoms with Crippen LogP contribution in [0.1, 0.15) is 33.6 Å². The zero-order valence-corrected chi connectivity index (χ0v) is 17.2. The van der Waals surface area contributed by atoms with Gasteiger partial charge in [0.25, 0.3) is 5.91 Å². The van der Waals surface area contributed by atoms with Crippen molar-refractivity contribution >= 4 is 28.4 Å². The van der Waals surface area contributed by atoms with E-state index in [1.54, 1.807) is 0 Å². The van der Waals surface area contributed by atoms with Crippen LogP contribution in [0.3, 0.4) is 0 Å². The minimum absolute atomic E-state index is 0.0399. The zero-order chi connectivity index (χ0) is 22.0. The number of nitrogens with zero attached hydrogens (tertiary/aromatic N) is 3. The van der Waals surface area contributed by atoms with Gasteiger partial charge in [0.2, 0.25) is 0 Å². The van der Waals surface area contributed by atoms with Gasteiger partial charge in [-0.15, -0.1) is 4.28 Å². The summed E-state index contributed by atoms with van der Waals surface area (Å²) in [5.41, 5.74) is 1.95. The predicted molar refractivity (Wildman–Crippen MR) is 96.5 cm³/mol. The van der Waals surface area contributed by atoms with E-state index < -0.39 is 40.5 Å². The topological polar surface area (TPSA) is 166 Å². The Labute approximate surface area is 168 Å². The van der Waals surface area contributed by atoms with Gasteiger partial charge >= 0.3 is 22.5 Å². The average Bonchev–Trinajstić information content (AvgIpc) is 2.80. The highest BCUT2D eigenvalue weighted by Crippen LogP contribution is 2.30. The van der Waals surface area contributed by atoms with Crippen LogP contribution in [0.5, 0.6) is 0 Å². The molecule has 4 amide bonds. The highest BCUT2D eigenvalue weighted by atomic mass is 32.3. The van der Waals surface area contributed by atoms with Gasteiger partial charge < -0.3 is 14.9 Å². The number of amides is 4. The maximum absolute atomic E-state index is 12.3. The Morgan fingerprint density at radius 2 is 1.97 bits per heavy atom. The molecule has 13 nitrogen and oxygen atoms in total. The van der Waals surface area contributed by atoms with E-state index in [0.29, 0.717) is 5.06 Å². The molecule has 2 saturated heterocycles. The molecule has 3 N–H and O–H groups in total. The second-order valence-electron chi connectivity index (χ2n) is 8.09. The van der Waals surface area contributed by atoms with Gasteiger partial charge in [0.15, 0.2) is 0 Å². The molecular formula is C15H26N4O9S. The summed E-state index contributed by atoms with van der Waals surface area (Å²) in [4.78, 5) is 43.2. The van der Waals surface area contributed by atoms with Crippen LogP contribution in [-0.2, 0) is 24.3 Å². The second kappa shape index (κ2) is 8.69. The van der Waals surface area contributed by atoms with Gasteiger partial charge in [-0.3, -0.25) is 14.2 Å². The van der Waals surface area contributed by atoms with Gasteiger partial charge in [0.1, 0.15) is 6.04 Å². The number of carbonyl (C=O) groups is 3. The molecule has 2 atom stereocenters. The van der Waals surface area contributed by atoms with Gasteiger partial charge in [0, 0.05) is 19.6 Å². The first-order valence-electron chi connectivity index (χ1n) is 8.95. The summed E-state index contributed by atoms with van der Waals surface area (Å²) in [5, 5.41) is 9.76. The molecule has 2 aliphatic rings. The zero-order valence-electron chi connectivity index (χ0n) is 16.4. The molecule has 2 aliphatic heterocycles. The van der Waals surface area contributed by atoms with Crippen molar-refractivity contribution in [1.29, 1.82) is 0 Å². The first-order chi connectivity index (χ1) is 13.3. The SMILES string of the molecule is CC(C)(C)CN(CCONC(=O)[C@@H]1CC[C@@H]2CN1C(=O)N2OS(=O)(=O)O)C(=O)O. The number of carbonyl (C=O) groups excluding carboxylic acids is 2. The summed E-state index contributed by atoms with van der Waals surface area (Å²) in [6.45, 7) is 5.98. The van der Waals surface area contributed by atoms with Gasteiger partial charge in [0.05, 0.1) is 12.6 Å². The number of nitrogens with one attached hydrogen (secondary N) is 1. The van der Waals surface area contributed by atoms with Gasteiger partial charge in [-0.1, -0.05) is 20.8 Å². The normalized spacial score (nSPS) is 22.0. The number of rotatable bonds is 8. The predicted octanol–water partition coefficient (Wildman–Crippen LogP) is 0.0633. The van der Waals surface area contributed by atoms with E-state index in [4.69, 9.17) is 9.39 Å². The quantitative estimate of drug-likeness (QED) is 0.270. The first kappa shape index (κ1) is 23.1. The molecule has 0 unspecified atom stereocenters. The Kier molecular flexibility index (Phi) is 6.93. The largest absolute Gasteiger partial charge is 0.465 e. The molecule has 2 rings (SSSR count). The molecule has 0 aromatic heterocycles. The fourth-order valence-electron chi connectivity index (χ4n) is 3.27. The number of fused-ring (bicyclic) bond motifs is 2. The van der Waals surface area contributed by atoms with E-state index in [1.165, 1.54) is 4.90 Å². The lowest BCUT2D eigenvalue weighted by Gasteiger charge is -2.29. The lowest BCUT2D eigenvalue weighted by Crippen LogP contribution is -2.50. The fourth-order valence-corrected chi connectivity index (χ4v) is 3.65. The number of urea groups is 1. The Morgan fingerprint density at radius 3 is 2.52 bits per heavy atom. The first-order valence-corrected chi connectivity index (χ1v) is 10.3. The maximum atomic E-state index is 12.3. The lowest BCUT2D eigenvalue weighted by molar-refractivity contribution is -0.139. The van der Waals surface area contributed by atoms with Crippen LogP contribution in [0.25, 0.3) is 0 Å². The molecule has 0 spiro atoms. The van der Waals surface area contributed by atoms with Gasteiger partial charge in [-0.05, 0) is 18.3 Å². The van der Waals surface area contributed by atoms with Crippen molar-refractivity contribution in [2.24, 2.45) is 5.41 Å². The number of piperidine rings is 1. The van der Waals surface area contributed by atoms with Crippen LogP contribution in [0.4, 0.5) is 9.59 Å². The number of hydrogen-bond donors (Lipinski definition) is 3. The Balaban J connectivity index is 1.84. The Morgan fingerprint density at radius 1 is 1.31 bits per heavy atom. The third kappa shape index (κ3) is 6.42. The molecule has 14 heteroatoms. The highest BCUT2D eigenvalue weighted by molar-refractivity contribution is 7.80. The summed E-state index contributed by atoms with van der Waals surface area (Å²) < 4.78 is 34.8. The summed E-state index contributed by atoms with van der Waals surface area (Å²) in [6.07, 6.45) is -0.578. The third-order valence-corrected chi connectivity index (χ3v) is 4.72. The third-order valence-electron chi connectivity index (χ3n) is 4.37. The molecule has 0 aromatic carbocycles. The molecule has 0 saturated carbocycles. The van der Waals surface area contributed by atoms with E-state index in [9.17, 15) is 27.9 Å². The molecule has 166 valence electrons. The standard InChI is InChI=1S/C15H26N4O9S/c1-15(2,3)9-17(14(22)23)6-7-27-16-12(20)11-5-4-10-8-18(11)13(21)19(10)28-29(24,25)26/h10-11H,4-9H2,1-3H3,(H,16,20)(H,22,23)(H,24,25,26)/t10-,11+/m1/s1. The van der Waals surface area contributed by atoms with Crippen molar-refractivity contribution in [2.45, 2.75) is 45.7 Å². The number of hydrogen-bond acceptors (Lipinski definition) is 7. The van der Waals surface area contributed by atoms with Crippen LogP contribution in [-0.4, -0.2) is 89.3 Å². The average molecular weight is 438 g/mol. The van der Waals surface area contributed by atoms with Crippen LogP contribution in [0.2, 0.25) is 0 Å². The molecule has 2 heterocycles. The van der Waals surface area contributed by atoms with E-state index in [2.05, 4.69) is 9.76 Å². The van der Waals surface area contributed by atoms with Crippen molar-refractivity contribution in [3.8, 4) is 0 Å². The van der Waals surface area contributed by atoms with Crippen LogP contribution in [0, 0.1) is 5.41 Å². The summed E-state index contributed by atoms with van der Waals surface area (Å²) in [5.74, 6) is -0.622. The van der Waals surface area contributed by atoms with Crippen LogP contribution in [0.15, 0.2) is 0 Å². The summed E-state index contributed by atoms with van der Waals surface area (Å²) in [6, 6.07) is -2.36. The molecular weight excluding hydrogens is 412 g/mol. The molecule has 0 radical (unpaired) electrons. The molecule has 2 fully saturated rings. The maximum Gasteiger partial charge on any atom is 0.418 e. The van der Waals surface area contributed by atoms with E-state index in [1.807, 2.05) is 20.8 Å². The molecule has 29 heavy (non-hydrogen) atoms. The molecule has 2 bridgehead atoms. The smallest absolute Gasteiger partial charge is 0.418 e. The van der Waals surface area contributed by atoms with Crippen LogP contribution >= 0.6 is 0 Å². The van der Waals surface area contributed by atoms with E-state index in [-0.39, 0.29) is 44.5 Å². The van der Waals surface area contributed by atoms with Crippen molar-refractivity contribution < 1.29 is 41.6 Å². The fraction of sp³-hybridized carbons (Fsp3) is 0.800. The van der Waals surface area contributed by atoms with E-state index in [0.717, 1.165) is 4.90 Å². The minimum atomic E-state index is -4.86. The van der Waals surface area contributed by atoms with Gasteiger partial charge in [-0.25, -0.2) is 15.1 Å². The van der Waals surface area contributed by atoms with Crippen molar-refractivity contribution in [2.75, 3.05) is 26.2 Å². The van der Waals surface area contributed by atoms with Crippen LogP contribution < -0.4 is 5.48 Å². The van der Waals surface area contributed by atoms with Gasteiger partial charge in [-0.2, -0.15) is 13.5 Å². The number of carboxylic acid groups (broad SMARTS) is 1. The van der Waals surface area contributed by atoms with Crippen molar-refractivity contribution in [3.63, 3.8) is 0 Å². The van der Waals surface area contributed by atoms with Crippen molar-refractivity contribution in [1.82, 2.24) is 20.3 Å². The summed E-state index contributed by atoms with van der Waals surface area (Å²) in [7, 11) is -4.86. The number of hydroxylamine groups is 3. The monoisotopic (exact) mass is 438 g/mol. The lowest BCUT2D eigenvalue weighted by atomic mass is 9.96. The summed E-state index contributed by atoms with van der Waals surface area (Å²) >= 11 is 0. The second-order valence-corrected chi connectivity index (χ2v) is 9.09. The van der Waals surface area contributed by atoms with E-state index >= 15 is 0 Å². The molecule has 0 aromatic rings. The Hall–Kier alpha value is -2.16. The minimum Gasteiger partial charge on any atom is -0.465 e. The Bertz CT molecular complexity index is 751. The van der Waals surface area contributed by atoms with Crippen molar-refractivity contribution in [3.05, 3.63) is 0 Å². The highest BCUT2D eigenvalue weighted by Gasteiger charge is 2.49.